The molecular weight excluding hydrogens is 212 g/mol. The highest BCUT2D eigenvalue weighted by Gasteiger charge is 2.11. The van der Waals surface area contributed by atoms with E-state index in [9.17, 15) is 0 Å². The molecule has 1 aliphatic heterocycles. The van der Waals surface area contributed by atoms with Crippen LogP contribution in [0.15, 0.2) is 18.3 Å². The van der Waals surface area contributed by atoms with Gasteiger partial charge in [0.05, 0.1) is 13.2 Å². The summed E-state index contributed by atoms with van der Waals surface area (Å²) in [6, 6.07) is 4.13. The Morgan fingerprint density at radius 1 is 1.12 bits per heavy atom. The van der Waals surface area contributed by atoms with Gasteiger partial charge in [-0.05, 0) is 24.6 Å². The molecule has 1 aliphatic rings. The lowest BCUT2D eigenvalue weighted by molar-refractivity contribution is 0.122. The highest BCUT2D eigenvalue weighted by atomic mass is 16.5. The second-order valence-corrected chi connectivity index (χ2v) is 3.29. The van der Waals surface area contributed by atoms with E-state index in [0.717, 1.165) is 32.1 Å². The Morgan fingerprint density at radius 3 is 2.24 bits per heavy atom. The van der Waals surface area contributed by atoms with Crippen molar-refractivity contribution in [1.82, 2.24) is 4.98 Å². The maximum atomic E-state index is 5.28. The van der Waals surface area contributed by atoms with Crippen LogP contribution in [0.3, 0.4) is 0 Å². The fourth-order valence-electron chi connectivity index (χ4n) is 1.49. The minimum atomic E-state index is 0.815. The maximum absolute atomic E-state index is 5.28. The number of pyridine rings is 1. The van der Waals surface area contributed by atoms with Gasteiger partial charge in [0.25, 0.3) is 0 Å². The number of aryl methyl sites for hydroxylation is 1. The Hall–Kier alpha value is -1.09. The first-order valence-electron chi connectivity index (χ1n) is 6.61. The lowest BCUT2D eigenvalue weighted by Gasteiger charge is -2.27. The molecule has 0 bridgehead atoms. The fraction of sp³-hybridized carbons (Fsp3) is 0.643. The van der Waals surface area contributed by atoms with Gasteiger partial charge in [-0.3, -0.25) is 0 Å². The monoisotopic (exact) mass is 238 g/mol. The van der Waals surface area contributed by atoms with Crippen molar-refractivity contribution in [2.45, 2.75) is 34.6 Å². The Bertz CT molecular complexity index is 283. The average Bonchev–Trinajstić information content (AvgIpc) is 2.44. The molecule has 98 valence electrons. The number of nitrogens with zero attached hydrogens (tertiary/aromatic N) is 2. The number of anilines is 1. The van der Waals surface area contributed by atoms with Crippen molar-refractivity contribution >= 4 is 5.82 Å². The van der Waals surface area contributed by atoms with Gasteiger partial charge in [-0.2, -0.15) is 0 Å². The summed E-state index contributed by atoms with van der Waals surface area (Å²) in [6.45, 7) is 13.6. The van der Waals surface area contributed by atoms with Gasteiger partial charge in [0.2, 0.25) is 0 Å². The smallest absolute Gasteiger partial charge is 0.128 e. The molecule has 2 rings (SSSR count). The van der Waals surface area contributed by atoms with Crippen LogP contribution in [0.2, 0.25) is 0 Å². The zero-order valence-electron chi connectivity index (χ0n) is 11.9. The molecular formula is C14H26N2O. The number of hydrogen-bond acceptors (Lipinski definition) is 3. The molecule has 1 fully saturated rings. The molecule has 3 nitrogen and oxygen atoms in total. The first-order valence-corrected chi connectivity index (χ1v) is 6.61. The zero-order chi connectivity index (χ0) is 13.1. The van der Waals surface area contributed by atoms with E-state index >= 15 is 0 Å². The molecule has 1 aromatic heterocycles. The van der Waals surface area contributed by atoms with Gasteiger partial charge in [0.15, 0.2) is 0 Å². The summed E-state index contributed by atoms with van der Waals surface area (Å²) < 4.78 is 5.28. The van der Waals surface area contributed by atoms with Crippen molar-refractivity contribution in [3.63, 3.8) is 0 Å². The van der Waals surface area contributed by atoms with Crippen LogP contribution in [0.25, 0.3) is 0 Å². The predicted molar refractivity (Wildman–Crippen MR) is 74.7 cm³/mol. The van der Waals surface area contributed by atoms with Crippen molar-refractivity contribution < 1.29 is 4.74 Å². The fourth-order valence-corrected chi connectivity index (χ4v) is 1.49. The molecule has 0 amide bonds. The molecule has 17 heavy (non-hydrogen) atoms. The second kappa shape index (κ2) is 10.1. The van der Waals surface area contributed by atoms with Gasteiger partial charge in [-0.25, -0.2) is 4.98 Å². The van der Waals surface area contributed by atoms with E-state index in [1.54, 1.807) is 0 Å². The Morgan fingerprint density at radius 2 is 1.71 bits per heavy atom. The van der Waals surface area contributed by atoms with E-state index in [1.807, 2.05) is 40.0 Å². The van der Waals surface area contributed by atoms with Crippen molar-refractivity contribution in [3.8, 4) is 0 Å². The zero-order valence-corrected chi connectivity index (χ0v) is 11.9. The first kappa shape index (κ1) is 15.9. The van der Waals surface area contributed by atoms with Crippen molar-refractivity contribution in [2.75, 3.05) is 31.2 Å². The third-order valence-corrected chi connectivity index (χ3v) is 2.24. The molecule has 0 atom stereocenters. The largest absolute Gasteiger partial charge is 0.378 e. The number of morpholine rings is 1. The normalized spacial score (nSPS) is 14.1. The van der Waals surface area contributed by atoms with E-state index in [1.165, 1.54) is 5.56 Å². The van der Waals surface area contributed by atoms with Crippen LogP contribution >= 0.6 is 0 Å². The van der Waals surface area contributed by atoms with Gasteiger partial charge in [0.1, 0.15) is 5.82 Å². The summed E-state index contributed by atoms with van der Waals surface area (Å²) in [7, 11) is 0. The van der Waals surface area contributed by atoms with Crippen LogP contribution in [-0.2, 0) is 4.74 Å². The van der Waals surface area contributed by atoms with Crippen LogP contribution < -0.4 is 4.90 Å². The van der Waals surface area contributed by atoms with Crippen LogP contribution in [0.5, 0.6) is 0 Å². The standard InChI is InChI=1S/C10H14N2O.2C2H6/c1-9-2-3-11-10(8-9)12-4-6-13-7-5-12;2*1-2/h2-3,8H,4-7H2,1H3;2*1-2H3. The maximum Gasteiger partial charge on any atom is 0.128 e. The van der Waals surface area contributed by atoms with Crippen molar-refractivity contribution in [1.29, 1.82) is 0 Å². The van der Waals surface area contributed by atoms with E-state index in [4.69, 9.17) is 4.74 Å². The summed E-state index contributed by atoms with van der Waals surface area (Å²) in [6.07, 6.45) is 1.86. The van der Waals surface area contributed by atoms with Crippen LogP contribution in [0.1, 0.15) is 33.3 Å². The van der Waals surface area contributed by atoms with Gasteiger partial charge >= 0.3 is 0 Å². The molecule has 0 saturated carbocycles. The summed E-state index contributed by atoms with van der Waals surface area (Å²) in [5.74, 6) is 1.07. The summed E-state index contributed by atoms with van der Waals surface area (Å²) >= 11 is 0. The molecule has 0 spiro atoms. The van der Waals surface area contributed by atoms with E-state index in [-0.39, 0.29) is 0 Å². The van der Waals surface area contributed by atoms with E-state index < -0.39 is 0 Å². The Balaban J connectivity index is 0.000000581. The molecule has 0 aromatic carbocycles. The third kappa shape index (κ3) is 5.68. The van der Waals surface area contributed by atoms with Crippen LogP contribution in [0.4, 0.5) is 5.82 Å². The van der Waals surface area contributed by atoms with Crippen molar-refractivity contribution in [3.05, 3.63) is 23.9 Å². The lowest BCUT2D eigenvalue weighted by Crippen LogP contribution is -2.36. The Labute approximate surface area is 106 Å². The summed E-state index contributed by atoms with van der Waals surface area (Å²) in [4.78, 5) is 6.59. The van der Waals surface area contributed by atoms with Crippen molar-refractivity contribution in [2.24, 2.45) is 0 Å². The van der Waals surface area contributed by atoms with Crippen LogP contribution in [0, 0.1) is 6.92 Å². The topological polar surface area (TPSA) is 25.4 Å². The first-order chi connectivity index (χ1) is 8.36. The predicted octanol–water partition coefficient (Wildman–Crippen LogP) is 3.28. The molecule has 2 heterocycles. The number of ether oxygens (including phenoxy) is 1. The molecule has 0 aliphatic carbocycles. The summed E-state index contributed by atoms with van der Waals surface area (Å²) in [5.41, 5.74) is 1.26. The molecule has 0 unspecified atom stereocenters. The number of hydrogen-bond donors (Lipinski definition) is 0. The minimum Gasteiger partial charge on any atom is -0.378 e. The van der Waals surface area contributed by atoms with Gasteiger partial charge in [-0.1, -0.05) is 27.7 Å². The van der Waals surface area contributed by atoms with E-state index in [2.05, 4.69) is 22.9 Å². The van der Waals surface area contributed by atoms with E-state index in [0.29, 0.717) is 0 Å². The second-order valence-electron chi connectivity index (χ2n) is 3.29. The molecule has 1 aromatic rings. The summed E-state index contributed by atoms with van der Waals surface area (Å²) in [5, 5.41) is 0. The molecule has 3 heteroatoms. The highest BCUT2D eigenvalue weighted by molar-refractivity contribution is 5.40. The number of aromatic nitrogens is 1. The third-order valence-electron chi connectivity index (χ3n) is 2.24. The SMILES string of the molecule is CC.CC.Cc1ccnc(N2CCOCC2)c1. The quantitative estimate of drug-likeness (QED) is 0.751. The number of rotatable bonds is 1. The molecule has 1 saturated heterocycles. The Kier molecular flexibility index (Phi) is 9.44. The van der Waals surface area contributed by atoms with Crippen LogP contribution in [-0.4, -0.2) is 31.3 Å². The molecule has 0 N–H and O–H groups in total. The van der Waals surface area contributed by atoms with Gasteiger partial charge < -0.3 is 9.64 Å². The van der Waals surface area contributed by atoms with Gasteiger partial charge in [0, 0.05) is 19.3 Å². The van der Waals surface area contributed by atoms with Gasteiger partial charge in [-0.15, -0.1) is 0 Å². The average molecular weight is 238 g/mol. The minimum absolute atomic E-state index is 0.815. The highest BCUT2D eigenvalue weighted by Crippen LogP contribution is 2.13. The molecule has 0 radical (unpaired) electrons. The lowest BCUT2D eigenvalue weighted by atomic mass is 10.3.